The lowest BCUT2D eigenvalue weighted by Crippen LogP contribution is -2.28. The highest BCUT2D eigenvalue weighted by Gasteiger charge is 2.39. The average Bonchev–Trinajstić information content (AvgIpc) is 3.15. The van der Waals surface area contributed by atoms with Gasteiger partial charge >= 0.3 is 0 Å². The van der Waals surface area contributed by atoms with Gasteiger partial charge in [-0.05, 0) is 68.0 Å². The third-order valence-electron chi connectivity index (χ3n) is 5.81. The molecule has 5 nitrogen and oxygen atoms in total. The predicted molar refractivity (Wildman–Crippen MR) is 135 cm³/mol. The molecule has 1 aliphatic heterocycles. The largest absolute Gasteiger partial charge is 0.497 e. The Labute approximate surface area is 202 Å². The highest BCUT2D eigenvalue weighted by molar-refractivity contribution is 8.16. The van der Waals surface area contributed by atoms with Gasteiger partial charge in [-0.15, -0.1) is 0 Å². The highest BCUT2D eigenvalue weighted by atomic mass is 35.5. The number of carbonyl (C=O) groups excluding carboxylic acids is 1. The van der Waals surface area contributed by atoms with Crippen LogP contribution in [0.3, 0.4) is 0 Å². The van der Waals surface area contributed by atoms with Gasteiger partial charge in [0.2, 0.25) is 5.91 Å². The van der Waals surface area contributed by atoms with Gasteiger partial charge in [0.1, 0.15) is 10.8 Å². The Morgan fingerprint density at radius 1 is 1.12 bits per heavy atom. The predicted octanol–water partition coefficient (Wildman–Crippen LogP) is 6.48. The number of halogens is 2. The minimum absolute atomic E-state index is 0.102. The monoisotopic (exact) mass is 489 g/mol. The molecule has 1 N–H and O–H groups in total. The molecule has 0 unspecified atom stereocenters. The summed E-state index contributed by atoms with van der Waals surface area (Å²) in [6, 6.07) is 12.8. The van der Waals surface area contributed by atoms with E-state index in [4.69, 9.17) is 37.9 Å². The Hall–Kier alpha value is -2.02. The van der Waals surface area contributed by atoms with E-state index in [1.54, 1.807) is 13.2 Å². The zero-order valence-electron chi connectivity index (χ0n) is 18.0. The Bertz CT molecular complexity index is 1060. The van der Waals surface area contributed by atoms with Crippen molar-refractivity contribution in [2.24, 2.45) is 15.9 Å². The van der Waals surface area contributed by atoms with Crippen molar-refractivity contribution in [3.63, 3.8) is 0 Å². The number of nitrogens with zero attached hydrogens (tertiary/aromatic N) is 2. The van der Waals surface area contributed by atoms with Gasteiger partial charge in [0.05, 0.1) is 28.6 Å². The molecule has 2 aromatic carbocycles. The summed E-state index contributed by atoms with van der Waals surface area (Å²) in [6.07, 6.45) is 4.03. The topological polar surface area (TPSA) is 63.0 Å². The molecule has 1 saturated carbocycles. The average molecular weight is 490 g/mol. The molecule has 8 heteroatoms. The summed E-state index contributed by atoms with van der Waals surface area (Å²) in [7, 11) is 1.61. The Kier molecular flexibility index (Phi) is 7.13. The Balaban J connectivity index is 1.50. The molecule has 2 aliphatic rings. The van der Waals surface area contributed by atoms with Gasteiger partial charge in [-0.25, -0.2) is 4.99 Å². The number of hydrogen-bond donors (Lipinski definition) is 1. The first-order valence-electron chi connectivity index (χ1n) is 10.6. The van der Waals surface area contributed by atoms with E-state index in [2.05, 4.69) is 12.2 Å². The van der Waals surface area contributed by atoms with Crippen LogP contribution in [0.25, 0.3) is 0 Å². The maximum atomic E-state index is 12.6. The van der Waals surface area contributed by atoms with Gasteiger partial charge in [0, 0.05) is 11.3 Å². The lowest BCUT2D eigenvalue weighted by atomic mass is 9.83. The van der Waals surface area contributed by atoms with E-state index >= 15 is 0 Å². The van der Waals surface area contributed by atoms with Crippen molar-refractivity contribution in [2.75, 3.05) is 18.2 Å². The van der Waals surface area contributed by atoms with Crippen molar-refractivity contribution in [1.82, 2.24) is 0 Å². The minimum atomic E-state index is -0.428. The fraction of sp³-hybridized carbons (Fsp3) is 0.375. The van der Waals surface area contributed by atoms with E-state index in [9.17, 15) is 4.79 Å². The standard InChI is InChI=1S/C24H25Cl2N3O2S/c1-15-9-11-24(12-10-15)28-22(16-3-8-19(25)20(26)13-16)23(29-24)32-14-21(30)27-17-4-6-18(31-2)7-5-17/h3-8,13,15H,9-12,14H2,1-2H3,(H,27,30). The molecule has 2 aromatic rings. The van der Waals surface area contributed by atoms with Crippen LogP contribution in [-0.4, -0.2) is 35.2 Å². The van der Waals surface area contributed by atoms with Crippen LogP contribution in [0.15, 0.2) is 52.4 Å². The summed E-state index contributed by atoms with van der Waals surface area (Å²) in [5.74, 6) is 1.56. The number of amides is 1. The summed E-state index contributed by atoms with van der Waals surface area (Å²) in [5, 5.41) is 4.68. The molecule has 32 heavy (non-hydrogen) atoms. The molecular formula is C24H25Cl2N3O2S. The maximum Gasteiger partial charge on any atom is 0.234 e. The minimum Gasteiger partial charge on any atom is -0.497 e. The van der Waals surface area contributed by atoms with Gasteiger partial charge in [-0.3, -0.25) is 9.79 Å². The van der Waals surface area contributed by atoms with Crippen molar-refractivity contribution in [3.05, 3.63) is 58.1 Å². The van der Waals surface area contributed by atoms with Gasteiger partial charge in [-0.1, -0.05) is 48.0 Å². The third kappa shape index (κ3) is 5.30. The zero-order chi connectivity index (χ0) is 22.7. The number of thioether (sulfide) groups is 1. The van der Waals surface area contributed by atoms with Crippen LogP contribution < -0.4 is 10.1 Å². The number of benzene rings is 2. The number of carbonyl (C=O) groups is 1. The van der Waals surface area contributed by atoms with E-state index < -0.39 is 5.66 Å². The Morgan fingerprint density at radius 2 is 1.84 bits per heavy atom. The molecule has 168 valence electrons. The van der Waals surface area contributed by atoms with Crippen LogP contribution >= 0.6 is 35.0 Å². The van der Waals surface area contributed by atoms with E-state index in [-0.39, 0.29) is 11.7 Å². The molecular weight excluding hydrogens is 465 g/mol. The van der Waals surface area contributed by atoms with Crippen molar-refractivity contribution in [1.29, 1.82) is 0 Å². The van der Waals surface area contributed by atoms with Crippen LogP contribution in [0, 0.1) is 5.92 Å². The number of nitrogens with one attached hydrogen (secondary N) is 1. The normalized spacial score (nSPS) is 22.4. The second kappa shape index (κ2) is 9.86. The summed E-state index contributed by atoms with van der Waals surface area (Å²) in [6.45, 7) is 2.27. The van der Waals surface area contributed by atoms with Gasteiger partial charge in [0.25, 0.3) is 0 Å². The molecule has 0 bridgehead atoms. The molecule has 1 amide bonds. The summed E-state index contributed by atoms with van der Waals surface area (Å²) >= 11 is 13.8. The first kappa shape index (κ1) is 23.1. The lowest BCUT2D eigenvalue weighted by Gasteiger charge is -2.30. The van der Waals surface area contributed by atoms with Crippen LogP contribution in [0.4, 0.5) is 5.69 Å². The third-order valence-corrected chi connectivity index (χ3v) is 7.52. The van der Waals surface area contributed by atoms with Crippen LogP contribution in [0.2, 0.25) is 10.0 Å². The second-order valence-electron chi connectivity index (χ2n) is 8.24. The molecule has 0 radical (unpaired) electrons. The van der Waals surface area contributed by atoms with Crippen LogP contribution in [0.1, 0.15) is 38.2 Å². The van der Waals surface area contributed by atoms with Crippen molar-refractivity contribution >= 4 is 57.3 Å². The van der Waals surface area contributed by atoms with Gasteiger partial charge in [-0.2, -0.15) is 0 Å². The van der Waals surface area contributed by atoms with E-state index in [0.29, 0.717) is 16.0 Å². The first-order valence-corrected chi connectivity index (χ1v) is 12.3. The van der Waals surface area contributed by atoms with Crippen LogP contribution in [0.5, 0.6) is 5.75 Å². The zero-order valence-corrected chi connectivity index (χ0v) is 20.4. The van der Waals surface area contributed by atoms with E-state index in [1.807, 2.05) is 36.4 Å². The number of rotatable bonds is 5. The summed E-state index contributed by atoms with van der Waals surface area (Å²) in [5.41, 5.74) is 1.96. The number of aliphatic imine (C=N–C) groups is 2. The second-order valence-corrected chi connectivity index (χ2v) is 10.0. The first-order chi connectivity index (χ1) is 15.4. The fourth-order valence-corrected chi connectivity index (χ4v) is 5.08. The Morgan fingerprint density at radius 3 is 2.50 bits per heavy atom. The lowest BCUT2D eigenvalue weighted by molar-refractivity contribution is -0.113. The maximum absolute atomic E-state index is 12.6. The molecule has 0 saturated heterocycles. The van der Waals surface area contributed by atoms with Crippen molar-refractivity contribution in [3.8, 4) is 5.75 Å². The van der Waals surface area contributed by atoms with E-state index in [0.717, 1.165) is 53.4 Å². The van der Waals surface area contributed by atoms with Crippen LogP contribution in [-0.2, 0) is 4.79 Å². The summed E-state index contributed by atoms with van der Waals surface area (Å²) < 4.78 is 5.16. The molecule has 1 heterocycles. The van der Waals surface area contributed by atoms with Gasteiger partial charge < -0.3 is 10.1 Å². The SMILES string of the molecule is COc1ccc(NC(=O)CSC2=NC3(CCC(C)CC3)N=C2c2ccc(Cl)c(Cl)c2)cc1. The molecule has 4 rings (SSSR count). The highest BCUT2D eigenvalue weighted by Crippen LogP contribution is 2.41. The smallest absolute Gasteiger partial charge is 0.234 e. The molecule has 1 fully saturated rings. The molecule has 1 spiro atoms. The number of methoxy groups -OCH3 is 1. The molecule has 0 aromatic heterocycles. The van der Waals surface area contributed by atoms with Crippen molar-refractivity contribution < 1.29 is 9.53 Å². The number of anilines is 1. The van der Waals surface area contributed by atoms with Crippen molar-refractivity contribution in [2.45, 2.75) is 38.3 Å². The van der Waals surface area contributed by atoms with E-state index in [1.165, 1.54) is 11.8 Å². The quantitative estimate of drug-likeness (QED) is 0.522. The fourth-order valence-electron chi connectivity index (χ4n) is 3.91. The molecule has 0 atom stereocenters. The molecule has 1 aliphatic carbocycles. The summed E-state index contributed by atoms with van der Waals surface area (Å²) in [4.78, 5) is 22.7. The van der Waals surface area contributed by atoms with Gasteiger partial charge in [0.15, 0.2) is 5.66 Å². The number of hydrogen-bond acceptors (Lipinski definition) is 5. The number of ether oxygens (including phenoxy) is 1.